The fourth-order valence-electron chi connectivity index (χ4n) is 2.96. The summed E-state index contributed by atoms with van der Waals surface area (Å²) in [4.78, 5) is 16.5. The van der Waals surface area contributed by atoms with Crippen LogP contribution in [0, 0.1) is 12.7 Å². The van der Waals surface area contributed by atoms with Crippen LogP contribution in [-0.2, 0) is 9.84 Å². The van der Waals surface area contributed by atoms with Crippen LogP contribution in [0.3, 0.4) is 0 Å². The molecule has 3 rings (SSSR count). The lowest BCUT2D eigenvalue weighted by Crippen LogP contribution is -2.32. The molecule has 30 heavy (non-hydrogen) atoms. The minimum absolute atomic E-state index is 0.0195. The molecule has 0 saturated carbocycles. The summed E-state index contributed by atoms with van der Waals surface area (Å²) in [5, 5.41) is 1.59. The molecule has 0 fully saturated rings. The molecule has 0 spiro atoms. The first-order chi connectivity index (χ1) is 14.3. The molecular formula is C22H21FN2O4S. The molecule has 3 aromatic rings. The number of sulfone groups is 1. The summed E-state index contributed by atoms with van der Waals surface area (Å²) < 4.78 is 45.3. The lowest BCUT2D eigenvalue weighted by molar-refractivity contribution is 0.0953. The second-order valence-corrected chi connectivity index (χ2v) is 8.80. The van der Waals surface area contributed by atoms with Crippen LogP contribution >= 0.6 is 0 Å². The summed E-state index contributed by atoms with van der Waals surface area (Å²) in [6.07, 6.45) is 2.98. The van der Waals surface area contributed by atoms with Gasteiger partial charge in [0.25, 0.3) is 5.91 Å². The van der Waals surface area contributed by atoms with E-state index in [4.69, 9.17) is 4.74 Å². The molecule has 1 N–H and O–H groups in total. The molecule has 8 heteroatoms. The number of hydrogen-bond acceptors (Lipinski definition) is 5. The van der Waals surface area contributed by atoms with Crippen LogP contribution in [-0.4, -0.2) is 33.0 Å². The maximum absolute atomic E-state index is 13.6. The number of nitrogens with zero attached hydrogens (tertiary/aromatic N) is 1. The number of benzene rings is 2. The fraction of sp³-hybridized carbons (Fsp3) is 0.182. The molecule has 0 radical (unpaired) electrons. The molecule has 1 amide bonds. The van der Waals surface area contributed by atoms with Gasteiger partial charge in [0.15, 0.2) is 9.84 Å². The number of carbonyl (C=O) groups excluding carboxylic acids is 1. The van der Waals surface area contributed by atoms with Gasteiger partial charge in [0.05, 0.1) is 12.0 Å². The van der Waals surface area contributed by atoms with E-state index in [-0.39, 0.29) is 17.0 Å². The van der Waals surface area contributed by atoms with Crippen molar-refractivity contribution in [1.82, 2.24) is 10.3 Å². The Morgan fingerprint density at radius 3 is 2.50 bits per heavy atom. The SMILES string of the molecule is COc1ccc(C(=O)NC[C@H](c2cccnc2)S(=O)(=O)c2ccc(F)c(C)c2)cc1. The van der Waals surface area contributed by atoms with Crippen molar-refractivity contribution in [2.24, 2.45) is 0 Å². The van der Waals surface area contributed by atoms with Crippen LogP contribution in [0.25, 0.3) is 0 Å². The van der Waals surface area contributed by atoms with Gasteiger partial charge in [-0.3, -0.25) is 9.78 Å². The topological polar surface area (TPSA) is 85.4 Å². The monoisotopic (exact) mass is 428 g/mol. The Bertz CT molecular complexity index is 1130. The van der Waals surface area contributed by atoms with E-state index in [1.165, 1.54) is 38.6 Å². The normalized spacial score (nSPS) is 12.2. The molecule has 1 aromatic heterocycles. The molecule has 0 aliphatic heterocycles. The first kappa shape index (κ1) is 21.4. The van der Waals surface area contributed by atoms with E-state index in [9.17, 15) is 17.6 Å². The standard InChI is InChI=1S/C22H21FN2O4S/c1-15-12-19(9-10-20(15)23)30(27,28)21(17-4-3-11-24-13-17)14-25-22(26)16-5-7-18(29-2)8-6-16/h3-13,21H,14H2,1-2H3,(H,25,26)/t21-/m1/s1. The van der Waals surface area contributed by atoms with Crippen LogP contribution in [0.4, 0.5) is 4.39 Å². The number of carbonyl (C=O) groups is 1. The van der Waals surface area contributed by atoms with Crippen molar-refractivity contribution < 1.29 is 22.3 Å². The van der Waals surface area contributed by atoms with Gasteiger partial charge in [0.2, 0.25) is 0 Å². The van der Waals surface area contributed by atoms with Crippen molar-refractivity contribution >= 4 is 15.7 Å². The summed E-state index contributed by atoms with van der Waals surface area (Å²) in [6.45, 7) is 1.33. The number of aromatic nitrogens is 1. The van der Waals surface area contributed by atoms with Gasteiger partial charge in [-0.2, -0.15) is 0 Å². The Morgan fingerprint density at radius 1 is 1.17 bits per heavy atom. The molecule has 0 saturated heterocycles. The predicted octanol–water partition coefficient (Wildman–Crippen LogP) is 3.48. The zero-order valence-electron chi connectivity index (χ0n) is 16.5. The number of rotatable bonds is 7. The highest BCUT2D eigenvalue weighted by Gasteiger charge is 2.30. The molecule has 0 bridgehead atoms. The minimum atomic E-state index is -3.92. The molecule has 1 atom stereocenters. The van der Waals surface area contributed by atoms with E-state index in [0.29, 0.717) is 16.9 Å². The number of halogens is 1. The summed E-state index contributed by atoms with van der Waals surface area (Å²) in [5.74, 6) is -0.300. The summed E-state index contributed by atoms with van der Waals surface area (Å²) in [6, 6.07) is 13.4. The lowest BCUT2D eigenvalue weighted by Gasteiger charge is -2.19. The molecule has 0 aliphatic rings. The van der Waals surface area contributed by atoms with Crippen LogP contribution in [0.15, 0.2) is 71.9 Å². The molecule has 2 aromatic carbocycles. The van der Waals surface area contributed by atoms with Gasteiger partial charge in [-0.25, -0.2) is 12.8 Å². The average molecular weight is 428 g/mol. The number of hydrogen-bond donors (Lipinski definition) is 1. The highest BCUT2D eigenvalue weighted by Crippen LogP contribution is 2.29. The van der Waals surface area contributed by atoms with Gasteiger partial charge in [-0.15, -0.1) is 0 Å². The van der Waals surface area contributed by atoms with Gasteiger partial charge in [0.1, 0.15) is 16.8 Å². The highest BCUT2D eigenvalue weighted by molar-refractivity contribution is 7.91. The van der Waals surface area contributed by atoms with Crippen molar-refractivity contribution in [3.8, 4) is 5.75 Å². The molecule has 1 heterocycles. The lowest BCUT2D eigenvalue weighted by atomic mass is 10.2. The number of nitrogens with one attached hydrogen (secondary N) is 1. The smallest absolute Gasteiger partial charge is 0.251 e. The van der Waals surface area contributed by atoms with Crippen molar-refractivity contribution in [3.63, 3.8) is 0 Å². The first-order valence-electron chi connectivity index (χ1n) is 9.15. The largest absolute Gasteiger partial charge is 0.497 e. The van der Waals surface area contributed by atoms with Crippen molar-refractivity contribution in [2.75, 3.05) is 13.7 Å². The number of aryl methyl sites for hydroxylation is 1. The Hall–Kier alpha value is -3.26. The first-order valence-corrected chi connectivity index (χ1v) is 10.7. The summed E-state index contributed by atoms with van der Waals surface area (Å²) in [5.41, 5.74) is 1.02. The van der Waals surface area contributed by atoms with E-state index in [1.54, 1.807) is 36.4 Å². The molecule has 0 unspecified atom stereocenters. The van der Waals surface area contributed by atoms with Crippen molar-refractivity contribution in [2.45, 2.75) is 17.1 Å². The van der Waals surface area contributed by atoms with E-state index < -0.39 is 26.8 Å². The number of amides is 1. The third kappa shape index (κ3) is 4.65. The van der Waals surface area contributed by atoms with Crippen molar-refractivity contribution in [3.05, 3.63) is 89.5 Å². The van der Waals surface area contributed by atoms with Crippen LogP contribution < -0.4 is 10.1 Å². The van der Waals surface area contributed by atoms with E-state index in [0.717, 1.165) is 6.07 Å². The number of ether oxygens (including phenoxy) is 1. The molecule has 156 valence electrons. The van der Waals surface area contributed by atoms with Crippen LogP contribution in [0.1, 0.15) is 26.7 Å². The predicted molar refractivity (Wildman–Crippen MR) is 111 cm³/mol. The average Bonchev–Trinajstić information content (AvgIpc) is 2.76. The Kier molecular flexibility index (Phi) is 6.47. The van der Waals surface area contributed by atoms with Gasteiger partial charge in [-0.05, 0) is 66.6 Å². The van der Waals surface area contributed by atoms with Gasteiger partial charge in [0, 0.05) is 24.5 Å². The van der Waals surface area contributed by atoms with Crippen molar-refractivity contribution in [1.29, 1.82) is 0 Å². The van der Waals surface area contributed by atoms with Gasteiger partial charge < -0.3 is 10.1 Å². The Labute approximate surface area is 174 Å². The van der Waals surface area contributed by atoms with Crippen LogP contribution in [0.5, 0.6) is 5.75 Å². The Balaban J connectivity index is 1.89. The highest BCUT2D eigenvalue weighted by atomic mass is 32.2. The quantitative estimate of drug-likeness (QED) is 0.583. The zero-order chi connectivity index (χ0) is 21.7. The van der Waals surface area contributed by atoms with Gasteiger partial charge >= 0.3 is 0 Å². The minimum Gasteiger partial charge on any atom is -0.497 e. The summed E-state index contributed by atoms with van der Waals surface area (Å²) >= 11 is 0. The third-order valence-corrected chi connectivity index (χ3v) is 6.79. The number of pyridine rings is 1. The summed E-state index contributed by atoms with van der Waals surface area (Å²) in [7, 11) is -2.40. The van der Waals surface area contributed by atoms with Gasteiger partial charge in [-0.1, -0.05) is 6.07 Å². The van der Waals surface area contributed by atoms with E-state index >= 15 is 0 Å². The van der Waals surface area contributed by atoms with E-state index in [1.807, 2.05) is 0 Å². The number of methoxy groups -OCH3 is 1. The molecular weight excluding hydrogens is 407 g/mol. The second kappa shape index (κ2) is 9.04. The Morgan fingerprint density at radius 2 is 1.90 bits per heavy atom. The second-order valence-electron chi connectivity index (χ2n) is 6.67. The zero-order valence-corrected chi connectivity index (χ0v) is 17.3. The maximum Gasteiger partial charge on any atom is 0.251 e. The molecule has 6 nitrogen and oxygen atoms in total. The molecule has 0 aliphatic carbocycles. The maximum atomic E-state index is 13.6. The third-order valence-electron chi connectivity index (χ3n) is 4.69. The fourth-order valence-corrected chi connectivity index (χ4v) is 4.69. The van der Waals surface area contributed by atoms with Crippen LogP contribution in [0.2, 0.25) is 0 Å². The van der Waals surface area contributed by atoms with E-state index in [2.05, 4.69) is 10.3 Å².